The summed E-state index contributed by atoms with van der Waals surface area (Å²) in [7, 11) is 1.50. The molecule has 1 saturated heterocycles. The van der Waals surface area contributed by atoms with Crippen molar-refractivity contribution in [3.8, 4) is 16.9 Å². The summed E-state index contributed by atoms with van der Waals surface area (Å²) >= 11 is 6.02. The molecule has 1 aliphatic rings. The molecule has 3 rings (SSSR count). The zero-order valence-corrected chi connectivity index (χ0v) is 14.7. The molecule has 0 unspecified atom stereocenters. The van der Waals surface area contributed by atoms with Crippen LogP contribution in [0.1, 0.15) is 23.2 Å². The van der Waals surface area contributed by atoms with Crippen molar-refractivity contribution in [2.75, 3.05) is 27.0 Å². The molecule has 4 nitrogen and oxygen atoms in total. The molecule has 132 valence electrons. The number of likely N-dealkylation sites (tertiary alicyclic amines) is 1. The Hall–Kier alpha value is -2.11. The van der Waals surface area contributed by atoms with E-state index in [4.69, 9.17) is 21.1 Å². The van der Waals surface area contributed by atoms with Crippen LogP contribution >= 0.6 is 11.6 Å². The van der Waals surface area contributed by atoms with Crippen molar-refractivity contribution in [3.05, 3.63) is 52.8 Å². The molecule has 0 saturated carbocycles. The van der Waals surface area contributed by atoms with E-state index < -0.39 is 5.82 Å². The van der Waals surface area contributed by atoms with Gasteiger partial charge in [-0.1, -0.05) is 11.6 Å². The lowest BCUT2D eigenvalue weighted by Crippen LogP contribution is -2.27. The first kappa shape index (κ1) is 17.7. The van der Waals surface area contributed by atoms with Crippen LogP contribution in [0.15, 0.2) is 36.4 Å². The fourth-order valence-electron chi connectivity index (χ4n) is 2.93. The van der Waals surface area contributed by atoms with Gasteiger partial charge in [0.2, 0.25) is 0 Å². The number of hydrogen-bond acceptors (Lipinski definition) is 3. The summed E-state index contributed by atoms with van der Waals surface area (Å²) in [5.74, 6) is -0.103. The van der Waals surface area contributed by atoms with Crippen LogP contribution in [0, 0.1) is 5.82 Å². The van der Waals surface area contributed by atoms with Crippen molar-refractivity contribution >= 4 is 17.5 Å². The number of ether oxygens (including phenoxy) is 2. The third-order valence-corrected chi connectivity index (χ3v) is 4.41. The third kappa shape index (κ3) is 3.94. The second kappa shape index (κ2) is 7.85. The van der Waals surface area contributed by atoms with Crippen molar-refractivity contribution in [1.29, 1.82) is 0 Å². The Kier molecular flexibility index (Phi) is 5.56. The van der Waals surface area contributed by atoms with Crippen LogP contribution < -0.4 is 4.74 Å². The summed E-state index contributed by atoms with van der Waals surface area (Å²) in [4.78, 5) is 14.4. The van der Waals surface area contributed by atoms with Crippen molar-refractivity contribution < 1.29 is 18.7 Å². The minimum absolute atomic E-state index is 0.0152. The number of benzene rings is 2. The largest absolute Gasteiger partial charge is 0.467 e. The van der Waals surface area contributed by atoms with Gasteiger partial charge in [-0.2, -0.15) is 0 Å². The molecule has 6 heteroatoms. The molecule has 25 heavy (non-hydrogen) atoms. The first-order chi connectivity index (χ1) is 12.1. The molecule has 1 fully saturated rings. The van der Waals surface area contributed by atoms with E-state index in [0.29, 0.717) is 27.5 Å². The van der Waals surface area contributed by atoms with Crippen LogP contribution in [-0.4, -0.2) is 37.8 Å². The summed E-state index contributed by atoms with van der Waals surface area (Å²) < 4.78 is 24.9. The van der Waals surface area contributed by atoms with Crippen LogP contribution in [0.4, 0.5) is 4.39 Å². The molecule has 1 amide bonds. The molecule has 0 N–H and O–H groups in total. The molecule has 1 aliphatic heterocycles. The van der Waals surface area contributed by atoms with E-state index in [-0.39, 0.29) is 12.7 Å². The Morgan fingerprint density at radius 1 is 1.16 bits per heavy atom. The first-order valence-electron chi connectivity index (χ1n) is 8.10. The van der Waals surface area contributed by atoms with E-state index >= 15 is 0 Å². The van der Waals surface area contributed by atoms with Gasteiger partial charge < -0.3 is 14.4 Å². The van der Waals surface area contributed by atoms with Crippen molar-refractivity contribution in [2.24, 2.45) is 0 Å². The van der Waals surface area contributed by atoms with E-state index in [1.165, 1.54) is 19.2 Å². The van der Waals surface area contributed by atoms with Gasteiger partial charge >= 0.3 is 0 Å². The van der Waals surface area contributed by atoms with E-state index in [9.17, 15) is 9.18 Å². The van der Waals surface area contributed by atoms with Gasteiger partial charge in [0, 0.05) is 41.9 Å². The van der Waals surface area contributed by atoms with E-state index in [1.54, 1.807) is 29.2 Å². The minimum Gasteiger partial charge on any atom is -0.467 e. The van der Waals surface area contributed by atoms with Crippen molar-refractivity contribution in [3.63, 3.8) is 0 Å². The lowest BCUT2D eigenvalue weighted by Gasteiger charge is -2.17. The second-order valence-electron chi connectivity index (χ2n) is 5.89. The molecule has 1 heterocycles. The molecule has 2 aromatic rings. The summed E-state index contributed by atoms with van der Waals surface area (Å²) in [6, 6.07) is 9.34. The normalized spacial score (nSPS) is 14.0. The van der Waals surface area contributed by atoms with Crippen LogP contribution in [0.5, 0.6) is 5.75 Å². The molecule has 0 aromatic heterocycles. The highest BCUT2D eigenvalue weighted by molar-refractivity contribution is 6.30. The van der Waals surface area contributed by atoms with Crippen molar-refractivity contribution in [2.45, 2.75) is 12.8 Å². The highest BCUT2D eigenvalue weighted by Crippen LogP contribution is 2.35. The zero-order chi connectivity index (χ0) is 17.8. The highest BCUT2D eigenvalue weighted by atomic mass is 35.5. The van der Waals surface area contributed by atoms with Crippen LogP contribution in [0.25, 0.3) is 11.1 Å². The summed E-state index contributed by atoms with van der Waals surface area (Å²) in [5, 5.41) is 0.472. The molecule has 0 spiro atoms. The molecular formula is C19H19ClFNO3. The lowest BCUT2D eigenvalue weighted by molar-refractivity contribution is 0.0515. The number of hydrogen-bond donors (Lipinski definition) is 0. The maximum Gasteiger partial charge on any atom is 0.253 e. The fraction of sp³-hybridized carbons (Fsp3) is 0.316. The number of halogens is 2. The maximum absolute atomic E-state index is 14.5. The van der Waals surface area contributed by atoms with Gasteiger partial charge in [-0.3, -0.25) is 4.79 Å². The maximum atomic E-state index is 14.5. The molecular weight excluding hydrogens is 345 g/mol. The number of amides is 1. The van der Waals surface area contributed by atoms with Gasteiger partial charge in [0.25, 0.3) is 5.91 Å². The van der Waals surface area contributed by atoms with Gasteiger partial charge in [-0.25, -0.2) is 4.39 Å². The van der Waals surface area contributed by atoms with Crippen LogP contribution in [-0.2, 0) is 4.74 Å². The summed E-state index contributed by atoms with van der Waals surface area (Å²) in [6.45, 7) is 1.50. The quantitative estimate of drug-likeness (QED) is 0.741. The number of rotatable bonds is 5. The molecule has 0 atom stereocenters. The Bertz CT molecular complexity index is 775. The number of carbonyl (C=O) groups excluding carboxylic acids is 1. The zero-order valence-electron chi connectivity index (χ0n) is 13.9. The molecule has 0 radical (unpaired) electrons. The Morgan fingerprint density at radius 3 is 2.64 bits per heavy atom. The van der Waals surface area contributed by atoms with Gasteiger partial charge in [0.05, 0.1) is 0 Å². The summed E-state index contributed by atoms with van der Waals surface area (Å²) in [5.41, 5.74) is 1.29. The lowest BCUT2D eigenvalue weighted by atomic mass is 10.0. The van der Waals surface area contributed by atoms with Gasteiger partial charge in [-0.15, -0.1) is 0 Å². The van der Waals surface area contributed by atoms with E-state index in [0.717, 1.165) is 25.9 Å². The number of methoxy groups -OCH3 is 1. The Morgan fingerprint density at radius 2 is 1.92 bits per heavy atom. The average molecular weight is 364 g/mol. The second-order valence-corrected chi connectivity index (χ2v) is 6.32. The first-order valence-corrected chi connectivity index (χ1v) is 8.48. The minimum atomic E-state index is -0.428. The van der Waals surface area contributed by atoms with Gasteiger partial charge in [0.15, 0.2) is 6.79 Å². The molecule has 0 aliphatic carbocycles. The molecule has 2 aromatic carbocycles. The van der Waals surface area contributed by atoms with Gasteiger partial charge in [0.1, 0.15) is 11.6 Å². The Labute approximate surface area is 151 Å². The van der Waals surface area contributed by atoms with Crippen LogP contribution in [0.2, 0.25) is 5.02 Å². The topological polar surface area (TPSA) is 38.8 Å². The van der Waals surface area contributed by atoms with Crippen molar-refractivity contribution in [1.82, 2.24) is 4.90 Å². The van der Waals surface area contributed by atoms with Crippen LogP contribution in [0.3, 0.4) is 0 Å². The standard InChI is InChI=1S/C19H19ClFNO3/c1-24-12-25-18-11-14(20)5-6-15(18)16-10-13(4-7-17(16)21)19(23)22-8-2-3-9-22/h4-7,10-11H,2-3,8-9,12H2,1H3. The average Bonchev–Trinajstić information content (AvgIpc) is 3.15. The number of nitrogens with zero attached hydrogens (tertiary/aromatic N) is 1. The molecule has 0 bridgehead atoms. The number of carbonyl (C=O) groups is 1. The Balaban J connectivity index is 1.99. The SMILES string of the molecule is COCOc1cc(Cl)ccc1-c1cc(C(=O)N2CCCC2)ccc1F. The van der Waals surface area contributed by atoms with E-state index in [2.05, 4.69) is 0 Å². The smallest absolute Gasteiger partial charge is 0.253 e. The predicted molar refractivity (Wildman–Crippen MR) is 94.5 cm³/mol. The predicted octanol–water partition coefficient (Wildman–Crippen LogP) is 4.36. The fourth-order valence-corrected chi connectivity index (χ4v) is 3.09. The third-order valence-electron chi connectivity index (χ3n) is 4.17. The summed E-state index contributed by atoms with van der Waals surface area (Å²) in [6.07, 6.45) is 2.01. The monoisotopic (exact) mass is 363 g/mol. The van der Waals surface area contributed by atoms with E-state index in [1.807, 2.05) is 0 Å². The highest BCUT2D eigenvalue weighted by Gasteiger charge is 2.21. The van der Waals surface area contributed by atoms with Gasteiger partial charge in [-0.05, 0) is 49.2 Å².